The van der Waals surface area contributed by atoms with Crippen LogP contribution in [0.5, 0.6) is 0 Å². The number of carbonyl (C=O) groups is 2. The lowest BCUT2D eigenvalue weighted by Crippen LogP contribution is -2.25. The topological polar surface area (TPSA) is 84.0 Å². The zero-order valence-corrected chi connectivity index (χ0v) is 19.1. The van der Waals surface area contributed by atoms with Crippen LogP contribution in [-0.4, -0.2) is 27.3 Å². The van der Waals surface area contributed by atoms with Crippen molar-refractivity contribution >= 4 is 57.3 Å². The van der Waals surface area contributed by atoms with E-state index in [9.17, 15) is 9.59 Å². The zero-order valence-electron chi connectivity index (χ0n) is 16.7. The fraction of sp³-hybridized carbons (Fsp3) is 0.238. The Balaban J connectivity index is 1.65. The number of nitrogens with zero attached hydrogens (tertiary/aromatic N) is 2. The fourth-order valence-electron chi connectivity index (χ4n) is 2.78. The molecule has 0 fully saturated rings. The summed E-state index contributed by atoms with van der Waals surface area (Å²) >= 11 is 8.61. The molecule has 9 heteroatoms. The summed E-state index contributed by atoms with van der Waals surface area (Å²) in [7, 11) is 0. The van der Waals surface area contributed by atoms with E-state index in [0.717, 1.165) is 16.8 Å². The highest BCUT2D eigenvalue weighted by Gasteiger charge is 2.22. The van der Waals surface area contributed by atoms with Gasteiger partial charge in [-0.15, -0.1) is 10.2 Å². The second-order valence-electron chi connectivity index (χ2n) is 6.58. The molecule has 6 nitrogen and oxygen atoms in total. The molecule has 2 aromatic carbocycles. The van der Waals surface area contributed by atoms with Crippen molar-refractivity contribution in [2.45, 2.75) is 36.8 Å². The van der Waals surface area contributed by atoms with Crippen LogP contribution in [0.4, 0.5) is 10.8 Å². The van der Waals surface area contributed by atoms with Crippen LogP contribution in [0.1, 0.15) is 34.8 Å². The summed E-state index contributed by atoms with van der Waals surface area (Å²) in [4.78, 5) is 25.2. The third kappa shape index (κ3) is 5.38. The highest BCUT2D eigenvalue weighted by atomic mass is 35.5. The molecule has 0 aliphatic rings. The van der Waals surface area contributed by atoms with Crippen LogP contribution < -0.4 is 10.6 Å². The number of benzene rings is 2. The molecular formula is C21H21ClN4O2S2. The van der Waals surface area contributed by atoms with Crippen molar-refractivity contribution in [3.05, 3.63) is 64.2 Å². The number of hydrogen-bond acceptors (Lipinski definition) is 6. The Morgan fingerprint density at radius 1 is 1.07 bits per heavy atom. The molecule has 0 spiro atoms. The number of rotatable bonds is 7. The Hall–Kier alpha value is -2.42. The van der Waals surface area contributed by atoms with Gasteiger partial charge in [-0.3, -0.25) is 14.9 Å². The number of para-hydroxylation sites is 1. The van der Waals surface area contributed by atoms with E-state index >= 15 is 0 Å². The number of amides is 2. The fourth-order valence-corrected chi connectivity index (χ4v) is 4.91. The van der Waals surface area contributed by atoms with Crippen molar-refractivity contribution in [1.29, 1.82) is 0 Å². The van der Waals surface area contributed by atoms with E-state index in [1.165, 1.54) is 23.1 Å². The largest absolute Gasteiger partial charge is 0.325 e. The SMILES string of the molecule is CCC(Sc1nnc(NC(=O)c2ccccc2Cl)s1)C(=O)Nc1c(C)cccc1C. The minimum atomic E-state index is -0.354. The van der Waals surface area contributed by atoms with Gasteiger partial charge in [-0.05, 0) is 43.5 Å². The van der Waals surface area contributed by atoms with E-state index in [2.05, 4.69) is 20.8 Å². The summed E-state index contributed by atoms with van der Waals surface area (Å²) < 4.78 is 0.605. The normalized spacial score (nSPS) is 11.7. The summed E-state index contributed by atoms with van der Waals surface area (Å²) in [5, 5.41) is 14.2. The van der Waals surface area contributed by atoms with Crippen LogP contribution in [0.3, 0.4) is 0 Å². The minimum absolute atomic E-state index is 0.0863. The first-order valence-electron chi connectivity index (χ1n) is 9.32. The number of aryl methyl sites for hydroxylation is 2. The molecule has 0 radical (unpaired) electrons. The molecule has 3 aromatic rings. The Morgan fingerprint density at radius 3 is 2.43 bits per heavy atom. The van der Waals surface area contributed by atoms with E-state index in [4.69, 9.17) is 11.6 Å². The van der Waals surface area contributed by atoms with Crippen molar-refractivity contribution in [1.82, 2.24) is 10.2 Å². The van der Waals surface area contributed by atoms with Gasteiger partial charge in [-0.2, -0.15) is 0 Å². The van der Waals surface area contributed by atoms with Crippen LogP contribution >= 0.6 is 34.7 Å². The summed E-state index contributed by atoms with van der Waals surface area (Å²) in [5.74, 6) is -0.440. The maximum atomic E-state index is 12.8. The van der Waals surface area contributed by atoms with Gasteiger partial charge in [0.15, 0.2) is 4.34 Å². The van der Waals surface area contributed by atoms with E-state index in [0.29, 0.717) is 26.5 Å². The van der Waals surface area contributed by atoms with Gasteiger partial charge in [-0.25, -0.2) is 0 Å². The smallest absolute Gasteiger partial charge is 0.259 e. The minimum Gasteiger partial charge on any atom is -0.325 e. The number of carbonyl (C=O) groups excluding carboxylic acids is 2. The van der Waals surface area contributed by atoms with Crippen molar-refractivity contribution in [2.75, 3.05) is 10.6 Å². The van der Waals surface area contributed by atoms with Crippen molar-refractivity contribution in [3.8, 4) is 0 Å². The molecule has 2 N–H and O–H groups in total. The highest BCUT2D eigenvalue weighted by molar-refractivity contribution is 8.02. The molecule has 0 aliphatic heterocycles. The molecule has 156 valence electrons. The monoisotopic (exact) mass is 460 g/mol. The first-order valence-corrected chi connectivity index (χ1v) is 11.4. The lowest BCUT2D eigenvalue weighted by Gasteiger charge is -2.16. The van der Waals surface area contributed by atoms with Crippen molar-refractivity contribution in [2.24, 2.45) is 0 Å². The number of thioether (sulfide) groups is 1. The third-order valence-corrected chi connectivity index (χ3v) is 7.00. The molecule has 3 rings (SSSR count). The average Bonchev–Trinajstić information content (AvgIpc) is 3.16. The Bertz CT molecular complexity index is 1050. The third-order valence-electron chi connectivity index (χ3n) is 4.38. The second-order valence-corrected chi connectivity index (χ2v) is 9.41. The summed E-state index contributed by atoms with van der Waals surface area (Å²) in [6.45, 7) is 5.88. The first-order chi connectivity index (χ1) is 14.4. The standard InChI is InChI=1S/C21H21ClN4O2S2/c1-4-16(19(28)23-17-12(2)8-7-9-13(17)3)29-21-26-25-20(30-21)24-18(27)14-10-5-6-11-15(14)22/h5-11,16H,4H2,1-3H3,(H,23,28)(H,24,25,27). The van der Waals surface area contributed by atoms with E-state index < -0.39 is 0 Å². The molecule has 0 bridgehead atoms. The van der Waals surface area contributed by atoms with Gasteiger partial charge in [0.05, 0.1) is 15.8 Å². The quantitative estimate of drug-likeness (QED) is 0.355. The molecule has 2 amide bonds. The van der Waals surface area contributed by atoms with Crippen LogP contribution in [0.25, 0.3) is 0 Å². The van der Waals surface area contributed by atoms with Gasteiger partial charge in [0, 0.05) is 5.69 Å². The van der Waals surface area contributed by atoms with E-state index in [1.54, 1.807) is 24.3 Å². The molecule has 0 saturated heterocycles. The molecule has 1 atom stereocenters. The zero-order chi connectivity index (χ0) is 21.7. The lowest BCUT2D eigenvalue weighted by molar-refractivity contribution is -0.115. The van der Waals surface area contributed by atoms with Crippen LogP contribution in [-0.2, 0) is 4.79 Å². The van der Waals surface area contributed by atoms with Crippen molar-refractivity contribution < 1.29 is 9.59 Å². The number of aromatic nitrogens is 2. The number of hydrogen-bond donors (Lipinski definition) is 2. The predicted molar refractivity (Wildman–Crippen MR) is 124 cm³/mol. The Morgan fingerprint density at radius 2 is 1.77 bits per heavy atom. The summed E-state index contributed by atoms with van der Waals surface area (Å²) in [6, 6.07) is 12.7. The van der Waals surface area contributed by atoms with Gasteiger partial charge < -0.3 is 5.32 Å². The molecule has 0 saturated carbocycles. The summed E-state index contributed by atoms with van der Waals surface area (Å²) in [5.41, 5.74) is 3.24. The predicted octanol–water partition coefficient (Wildman–Crippen LogP) is 5.57. The molecule has 0 aliphatic carbocycles. The highest BCUT2D eigenvalue weighted by Crippen LogP contribution is 2.32. The van der Waals surface area contributed by atoms with Gasteiger partial charge in [-0.1, -0.05) is 72.0 Å². The van der Waals surface area contributed by atoms with Gasteiger partial charge in [0.25, 0.3) is 5.91 Å². The lowest BCUT2D eigenvalue weighted by atomic mass is 10.1. The van der Waals surface area contributed by atoms with E-state index in [1.807, 2.05) is 39.0 Å². The second kappa shape index (κ2) is 10.1. The number of halogens is 1. The van der Waals surface area contributed by atoms with Gasteiger partial charge >= 0.3 is 0 Å². The van der Waals surface area contributed by atoms with Crippen LogP contribution in [0.2, 0.25) is 5.02 Å². The number of anilines is 2. The molecule has 1 unspecified atom stereocenters. The Kier molecular flexibility index (Phi) is 7.47. The first kappa shape index (κ1) is 22.3. The molecule has 1 aromatic heterocycles. The maximum absolute atomic E-state index is 12.8. The van der Waals surface area contributed by atoms with Crippen LogP contribution in [0, 0.1) is 13.8 Å². The molecular weight excluding hydrogens is 440 g/mol. The van der Waals surface area contributed by atoms with Crippen molar-refractivity contribution in [3.63, 3.8) is 0 Å². The molecule has 30 heavy (non-hydrogen) atoms. The number of nitrogens with one attached hydrogen (secondary N) is 2. The van der Waals surface area contributed by atoms with E-state index in [-0.39, 0.29) is 17.1 Å². The average molecular weight is 461 g/mol. The van der Waals surface area contributed by atoms with Gasteiger partial charge in [0.1, 0.15) is 0 Å². The summed E-state index contributed by atoms with van der Waals surface area (Å²) in [6.07, 6.45) is 0.627. The molecule has 1 heterocycles. The maximum Gasteiger partial charge on any atom is 0.259 e. The Labute approximate surface area is 188 Å². The van der Waals surface area contributed by atoms with Gasteiger partial charge in [0.2, 0.25) is 11.0 Å². The van der Waals surface area contributed by atoms with Crippen LogP contribution in [0.15, 0.2) is 46.8 Å².